The summed E-state index contributed by atoms with van der Waals surface area (Å²) in [6, 6.07) is 6.33. The van der Waals surface area contributed by atoms with Gasteiger partial charge in [-0.1, -0.05) is 0 Å². The molecule has 7 nitrogen and oxygen atoms in total. The summed E-state index contributed by atoms with van der Waals surface area (Å²) in [5, 5.41) is 6.03. The van der Waals surface area contributed by atoms with Crippen molar-refractivity contribution in [2.24, 2.45) is 0 Å². The Balaban J connectivity index is 0.00000288. The highest BCUT2D eigenvalue weighted by molar-refractivity contribution is 7.89. The Morgan fingerprint density at radius 2 is 2.04 bits per heavy atom. The molecule has 1 fully saturated rings. The lowest BCUT2D eigenvalue weighted by molar-refractivity contribution is -0.121. The first-order valence-corrected chi connectivity index (χ1v) is 9.22. The average Bonchev–Trinajstić information content (AvgIpc) is 3.01. The van der Waals surface area contributed by atoms with E-state index in [1.165, 1.54) is 12.1 Å². The van der Waals surface area contributed by atoms with Gasteiger partial charge in [-0.3, -0.25) is 4.79 Å². The number of carbonyl (C=O) groups is 1. The van der Waals surface area contributed by atoms with Crippen molar-refractivity contribution in [2.45, 2.75) is 30.7 Å². The molecule has 1 heterocycles. The Bertz CT molecular complexity index is 616. The molecule has 1 atom stereocenters. The summed E-state index contributed by atoms with van der Waals surface area (Å²) in [6.07, 6.45) is 1.02. The van der Waals surface area contributed by atoms with E-state index < -0.39 is 10.0 Å². The van der Waals surface area contributed by atoms with Crippen molar-refractivity contribution >= 4 is 28.3 Å². The number of amides is 1. The second-order valence-electron chi connectivity index (χ2n) is 5.31. The Morgan fingerprint density at radius 1 is 1.33 bits per heavy atom. The highest BCUT2D eigenvalue weighted by atomic mass is 35.5. The van der Waals surface area contributed by atoms with Gasteiger partial charge in [0.1, 0.15) is 5.75 Å². The van der Waals surface area contributed by atoms with Crippen LogP contribution in [0.1, 0.15) is 19.8 Å². The van der Waals surface area contributed by atoms with Crippen LogP contribution in [0.3, 0.4) is 0 Å². The normalized spacial score (nSPS) is 17.1. The SMILES string of the molecule is CCOc1ccc(S(=O)(=O)NCCC(=O)NC2CCNC2)cc1.Cl. The van der Waals surface area contributed by atoms with Crippen molar-refractivity contribution in [3.05, 3.63) is 24.3 Å². The fourth-order valence-electron chi connectivity index (χ4n) is 2.34. The summed E-state index contributed by atoms with van der Waals surface area (Å²) < 4.78 is 32.0. The molecule has 136 valence electrons. The average molecular weight is 378 g/mol. The Kier molecular flexibility index (Phi) is 8.47. The third-order valence-electron chi connectivity index (χ3n) is 3.51. The van der Waals surface area contributed by atoms with Crippen molar-refractivity contribution in [2.75, 3.05) is 26.2 Å². The fourth-order valence-corrected chi connectivity index (χ4v) is 3.37. The van der Waals surface area contributed by atoms with Crippen molar-refractivity contribution in [3.63, 3.8) is 0 Å². The summed E-state index contributed by atoms with van der Waals surface area (Å²) in [4.78, 5) is 11.9. The lowest BCUT2D eigenvalue weighted by Gasteiger charge is -2.12. The predicted octanol–water partition coefficient (Wildman–Crippen LogP) is 0.654. The van der Waals surface area contributed by atoms with Gasteiger partial charge in [-0.2, -0.15) is 0 Å². The van der Waals surface area contributed by atoms with Crippen LogP contribution in [0.25, 0.3) is 0 Å². The number of ether oxygens (including phenoxy) is 1. The molecule has 0 saturated carbocycles. The summed E-state index contributed by atoms with van der Waals surface area (Å²) >= 11 is 0. The molecule has 2 rings (SSSR count). The van der Waals surface area contributed by atoms with E-state index in [2.05, 4.69) is 15.4 Å². The van der Waals surface area contributed by atoms with E-state index in [4.69, 9.17) is 4.74 Å². The number of benzene rings is 1. The third-order valence-corrected chi connectivity index (χ3v) is 4.99. The minimum atomic E-state index is -3.61. The molecule has 1 amide bonds. The number of sulfonamides is 1. The maximum absolute atomic E-state index is 12.1. The van der Waals surface area contributed by atoms with E-state index in [-0.39, 0.29) is 42.2 Å². The molecule has 1 saturated heterocycles. The number of hydrogen-bond acceptors (Lipinski definition) is 5. The maximum atomic E-state index is 12.1. The smallest absolute Gasteiger partial charge is 0.240 e. The van der Waals surface area contributed by atoms with Crippen LogP contribution in [0.4, 0.5) is 0 Å². The molecule has 1 aromatic rings. The molecule has 1 aliphatic rings. The summed E-state index contributed by atoms with van der Waals surface area (Å²) in [6.45, 7) is 4.12. The van der Waals surface area contributed by atoms with Gasteiger partial charge in [-0.15, -0.1) is 12.4 Å². The first kappa shape index (κ1) is 20.7. The molecule has 0 spiro atoms. The molecular formula is C15H24ClN3O4S. The monoisotopic (exact) mass is 377 g/mol. The highest BCUT2D eigenvalue weighted by Gasteiger charge is 2.18. The summed E-state index contributed by atoms with van der Waals surface area (Å²) in [7, 11) is -3.61. The second kappa shape index (κ2) is 9.83. The zero-order valence-electron chi connectivity index (χ0n) is 13.6. The van der Waals surface area contributed by atoms with Gasteiger partial charge in [-0.05, 0) is 44.2 Å². The van der Waals surface area contributed by atoms with Crippen molar-refractivity contribution < 1.29 is 17.9 Å². The molecule has 3 N–H and O–H groups in total. The van der Waals surface area contributed by atoms with E-state index in [0.29, 0.717) is 12.4 Å². The van der Waals surface area contributed by atoms with Gasteiger partial charge in [-0.25, -0.2) is 13.1 Å². The molecule has 0 aromatic heterocycles. The van der Waals surface area contributed by atoms with Crippen LogP contribution in [0.2, 0.25) is 0 Å². The molecule has 0 radical (unpaired) electrons. The predicted molar refractivity (Wildman–Crippen MR) is 94.1 cm³/mol. The van der Waals surface area contributed by atoms with Gasteiger partial charge < -0.3 is 15.4 Å². The number of hydrogen-bond donors (Lipinski definition) is 3. The lowest BCUT2D eigenvalue weighted by Crippen LogP contribution is -2.38. The topological polar surface area (TPSA) is 96.5 Å². The lowest BCUT2D eigenvalue weighted by atomic mass is 10.2. The van der Waals surface area contributed by atoms with Gasteiger partial charge in [0.15, 0.2) is 0 Å². The molecule has 1 aromatic carbocycles. The molecule has 9 heteroatoms. The van der Waals surface area contributed by atoms with Crippen molar-refractivity contribution in [1.29, 1.82) is 0 Å². The largest absolute Gasteiger partial charge is 0.494 e. The number of rotatable bonds is 8. The maximum Gasteiger partial charge on any atom is 0.240 e. The van der Waals surface area contributed by atoms with Crippen LogP contribution < -0.4 is 20.1 Å². The van der Waals surface area contributed by atoms with E-state index in [1.54, 1.807) is 12.1 Å². The number of nitrogens with one attached hydrogen (secondary N) is 3. The van der Waals surface area contributed by atoms with Crippen LogP contribution in [-0.2, 0) is 14.8 Å². The summed E-state index contributed by atoms with van der Waals surface area (Å²) in [5.41, 5.74) is 0. The quantitative estimate of drug-likeness (QED) is 0.618. The zero-order valence-corrected chi connectivity index (χ0v) is 15.2. The molecule has 1 aliphatic heterocycles. The molecule has 24 heavy (non-hydrogen) atoms. The third kappa shape index (κ3) is 6.27. The van der Waals surface area contributed by atoms with E-state index in [1.807, 2.05) is 6.92 Å². The minimum Gasteiger partial charge on any atom is -0.494 e. The second-order valence-corrected chi connectivity index (χ2v) is 7.08. The van der Waals surface area contributed by atoms with Gasteiger partial charge in [0.2, 0.25) is 15.9 Å². The molecule has 1 unspecified atom stereocenters. The number of carbonyl (C=O) groups excluding carboxylic acids is 1. The zero-order chi connectivity index (χ0) is 16.7. The van der Waals surface area contributed by atoms with Crippen LogP contribution >= 0.6 is 12.4 Å². The Hall–Kier alpha value is -1.35. The fraction of sp³-hybridized carbons (Fsp3) is 0.533. The van der Waals surface area contributed by atoms with Crippen LogP contribution in [0, 0.1) is 0 Å². The highest BCUT2D eigenvalue weighted by Crippen LogP contribution is 2.15. The summed E-state index contributed by atoms with van der Waals surface area (Å²) in [5.74, 6) is 0.476. The molecule has 0 bridgehead atoms. The van der Waals surface area contributed by atoms with Gasteiger partial charge in [0, 0.05) is 25.6 Å². The van der Waals surface area contributed by atoms with Crippen LogP contribution in [-0.4, -0.2) is 46.6 Å². The van der Waals surface area contributed by atoms with E-state index in [9.17, 15) is 13.2 Å². The Morgan fingerprint density at radius 3 is 2.62 bits per heavy atom. The molecular weight excluding hydrogens is 354 g/mol. The van der Waals surface area contributed by atoms with E-state index >= 15 is 0 Å². The van der Waals surface area contributed by atoms with Crippen molar-refractivity contribution in [3.8, 4) is 5.75 Å². The first-order chi connectivity index (χ1) is 11.0. The standard InChI is InChI=1S/C15H23N3O4S.ClH/c1-2-22-13-3-5-14(6-4-13)23(20,21)17-10-8-15(19)18-12-7-9-16-11-12;/h3-6,12,16-17H,2,7-11H2,1H3,(H,18,19);1H. The minimum absolute atomic E-state index is 0. The van der Waals surface area contributed by atoms with Gasteiger partial charge in [0.25, 0.3) is 0 Å². The first-order valence-electron chi connectivity index (χ1n) is 7.74. The van der Waals surface area contributed by atoms with Crippen molar-refractivity contribution in [1.82, 2.24) is 15.4 Å². The molecule has 0 aliphatic carbocycles. The van der Waals surface area contributed by atoms with Gasteiger partial charge in [0.05, 0.1) is 11.5 Å². The number of halogens is 1. The van der Waals surface area contributed by atoms with E-state index in [0.717, 1.165) is 19.5 Å². The van der Waals surface area contributed by atoms with Crippen LogP contribution in [0.15, 0.2) is 29.2 Å². The van der Waals surface area contributed by atoms with Gasteiger partial charge >= 0.3 is 0 Å². The van der Waals surface area contributed by atoms with Crippen LogP contribution in [0.5, 0.6) is 5.75 Å². The Labute approximate surface area is 149 Å².